The molecular formula is C14H13ClN2S. The molecule has 1 aromatic heterocycles. The molecule has 2 rings (SSSR count). The lowest BCUT2D eigenvalue weighted by Crippen LogP contribution is -2.21. The molecule has 0 N–H and O–H groups in total. The van der Waals surface area contributed by atoms with Crippen molar-refractivity contribution in [3.8, 4) is 6.07 Å². The lowest BCUT2D eigenvalue weighted by atomic mass is 10.1. The van der Waals surface area contributed by atoms with E-state index in [0.717, 1.165) is 18.7 Å². The molecule has 92 valence electrons. The topological polar surface area (TPSA) is 27.0 Å². The lowest BCUT2D eigenvalue weighted by molar-refractivity contribution is 0.886. The number of hydrogen-bond acceptors (Lipinski definition) is 3. The van der Waals surface area contributed by atoms with E-state index in [4.69, 9.17) is 16.9 Å². The highest BCUT2D eigenvalue weighted by Crippen LogP contribution is 2.26. The molecule has 0 atom stereocenters. The van der Waals surface area contributed by atoms with Crippen LogP contribution in [0.1, 0.15) is 10.4 Å². The van der Waals surface area contributed by atoms with Crippen LogP contribution in [-0.4, -0.2) is 13.6 Å². The van der Waals surface area contributed by atoms with Crippen LogP contribution in [0.2, 0.25) is 5.02 Å². The lowest BCUT2D eigenvalue weighted by Gasteiger charge is -2.20. The average Bonchev–Trinajstić information content (AvgIpc) is 2.88. The van der Waals surface area contributed by atoms with Gasteiger partial charge in [-0.1, -0.05) is 23.7 Å². The molecule has 0 saturated carbocycles. The van der Waals surface area contributed by atoms with E-state index < -0.39 is 0 Å². The van der Waals surface area contributed by atoms with Crippen LogP contribution in [0.25, 0.3) is 0 Å². The second-order valence-electron chi connectivity index (χ2n) is 4.00. The van der Waals surface area contributed by atoms with Gasteiger partial charge in [0.15, 0.2) is 0 Å². The molecular weight excluding hydrogens is 264 g/mol. The largest absolute Gasteiger partial charge is 0.373 e. The van der Waals surface area contributed by atoms with Crippen molar-refractivity contribution in [2.75, 3.05) is 18.5 Å². The van der Waals surface area contributed by atoms with E-state index in [9.17, 15) is 0 Å². The van der Waals surface area contributed by atoms with Crippen LogP contribution >= 0.6 is 22.9 Å². The summed E-state index contributed by atoms with van der Waals surface area (Å²) < 4.78 is 0. The van der Waals surface area contributed by atoms with Crippen LogP contribution < -0.4 is 4.90 Å². The zero-order chi connectivity index (χ0) is 13.0. The summed E-state index contributed by atoms with van der Waals surface area (Å²) in [5, 5.41) is 11.7. The van der Waals surface area contributed by atoms with E-state index in [1.807, 2.05) is 19.2 Å². The molecule has 0 fully saturated rings. The number of nitrogens with zero attached hydrogens (tertiary/aromatic N) is 2. The molecule has 2 aromatic rings. The summed E-state index contributed by atoms with van der Waals surface area (Å²) in [6, 6.07) is 11.9. The van der Waals surface area contributed by atoms with E-state index in [2.05, 4.69) is 28.5 Å². The third kappa shape index (κ3) is 2.84. The van der Waals surface area contributed by atoms with Gasteiger partial charge in [0.1, 0.15) is 6.07 Å². The average molecular weight is 277 g/mol. The van der Waals surface area contributed by atoms with E-state index in [0.29, 0.717) is 10.6 Å². The van der Waals surface area contributed by atoms with E-state index in [1.54, 1.807) is 17.4 Å². The van der Waals surface area contributed by atoms with Gasteiger partial charge in [0.2, 0.25) is 0 Å². The number of hydrogen-bond donors (Lipinski definition) is 0. The molecule has 0 aliphatic heterocycles. The molecule has 1 heterocycles. The van der Waals surface area contributed by atoms with Crippen LogP contribution in [0.5, 0.6) is 0 Å². The second kappa shape index (κ2) is 5.90. The molecule has 0 aliphatic carbocycles. The zero-order valence-electron chi connectivity index (χ0n) is 10.1. The predicted octanol–water partition coefficient (Wildman–Crippen LogP) is 3.95. The SMILES string of the molecule is CN(CCc1cccs1)c1cccc(Cl)c1C#N. The first-order valence-electron chi connectivity index (χ1n) is 5.64. The minimum atomic E-state index is 0.512. The zero-order valence-corrected chi connectivity index (χ0v) is 11.6. The Bertz CT molecular complexity index is 558. The summed E-state index contributed by atoms with van der Waals surface area (Å²) in [6.07, 6.45) is 0.978. The fourth-order valence-corrected chi connectivity index (χ4v) is 2.70. The van der Waals surface area contributed by atoms with Crippen LogP contribution in [0, 0.1) is 11.3 Å². The summed E-state index contributed by atoms with van der Waals surface area (Å²) in [5.41, 5.74) is 1.44. The molecule has 0 aliphatic rings. The second-order valence-corrected chi connectivity index (χ2v) is 5.44. The van der Waals surface area contributed by atoms with Crippen LogP contribution in [-0.2, 0) is 6.42 Å². The first-order valence-corrected chi connectivity index (χ1v) is 6.90. The van der Waals surface area contributed by atoms with Crippen molar-refractivity contribution in [1.82, 2.24) is 0 Å². The monoisotopic (exact) mass is 276 g/mol. The van der Waals surface area contributed by atoms with Gasteiger partial charge in [-0.05, 0) is 30.0 Å². The molecule has 0 spiro atoms. The minimum absolute atomic E-state index is 0.512. The number of anilines is 1. The van der Waals surface area contributed by atoms with E-state index in [1.165, 1.54) is 4.88 Å². The Hall–Kier alpha value is -1.50. The molecule has 18 heavy (non-hydrogen) atoms. The van der Waals surface area contributed by atoms with Gasteiger partial charge in [-0.15, -0.1) is 11.3 Å². The van der Waals surface area contributed by atoms with Crippen molar-refractivity contribution < 1.29 is 0 Å². The number of likely N-dealkylation sites (N-methyl/N-ethyl adjacent to an activating group) is 1. The van der Waals surface area contributed by atoms with Crippen molar-refractivity contribution in [3.63, 3.8) is 0 Å². The summed E-state index contributed by atoms with van der Waals surface area (Å²) >= 11 is 7.78. The highest BCUT2D eigenvalue weighted by molar-refractivity contribution is 7.09. The maximum atomic E-state index is 9.14. The first-order chi connectivity index (χ1) is 8.72. The van der Waals surface area contributed by atoms with Gasteiger partial charge in [-0.25, -0.2) is 0 Å². The van der Waals surface area contributed by atoms with Crippen LogP contribution in [0.15, 0.2) is 35.7 Å². The molecule has 2 nitrogen and oxygen atoms in total. The van der Waals surface area contributed by atoms with Gasteiger partial charge in [0.25, 0.3) is 0 Å². The summed E-state index contributed by atoms with van der Waals surface area (Å²) in [4.78, 5) is 3.42. The van der Waals surface area contributed by atoms with Crippen molar-refractivity contribution >= 4 is 28.6 Å². The van der Waals surface area contributed by atoms with Gasteiger partial charge in [0.05, 0.1) is 16.3 Å². The van der Waals surface area contributed by atoms with Gasteiger partial charge in [-0.3, -0.25) is 0 Å². The number of halogens is 1. The van der Waals surface area contributed by atoms with Gasteiger partial charge in [0, 0.05) is 18.5 Å². The molecule has 0 saturated heterocycles. The quantitative estimate of drug-likeness (QED) is 0.845. The van der Waals surface area contributed by atoms with Gasteiger partial charge < -0.3 is 4.90 Å². The van der Waals surface area contributed by atoms with E-state index >= 15 is 0 Å². The number of thiophene rings is 1. The highest BCUT2D eigenvalue weighted by atomic mass is 35.5. The van der Waals surface area contributed by atoms with Crippen LogP contribution in [0.3, 0.4) is 0 Å². The van der Waals surface area contributed by atoms with Gasteiger partial charge >= 0.3 is 0 Å². The summed E-state index contributed by atoms with van der Waals surface area (Å²) in [6.45, 7) is 0.871. The third-order valence-corrected chi connectivity index (χ3v) is 4.04. The smallest absolute Gasteiger partial charge is 0.103 e. The molecule has 0 amide bonds. The minimum Gasteiger partial charge on any atom is -0.373 e. The maximum Gasteiger partial charge on any atom is 0.103 e. The molecule has 0 bridgehead atoms. The maximum absolute atomic E-state index is 9.14. The number of nitriles is 1. The Kier molecular flexibility index (Phi) is 4.24. The molecule has 4 heteroatoms. The fourth-order valence-electron chi connectivity index (χ4n) is 1.79. The molecule has 0 unspecified atom stereocenters. The number of rotatable bonds is 4. The normalized spacial score (nSPS) is 10.1. The Balaban J connectivity index is 2.12. The third-order valence-electron chi connectivity index (χ3n) is 2.79. The summed E-state index contributed by atoms with van der Waals surface area (Å²) in [5.74, 6) is 0. The van der Waals surface area contributed by atoms with Crippen molar-refractivity contribution in [1.29, 1.82) is 5.26 Å². The molecule has 1 aromatic carbocycles. The van der Waals surface area contributed by atoms with Crippen molar-refractivity contribution in [3.05, 3.63) is 51.2 Å². The Morgan fingerprint density at radius 3 is 2.83 bits per heavy atom. The fraction of sp³-hybridized carbons (Fsp3) is 0.214. The molecule has 0 radical (unpaired) electrons. The Morgan fingerprint density at radius 1 is 1.33 bits per heavy atom. The van der Waals surface area contributed by atoms with E-state index in [-0.39, 0.29) is 0 Å². The van der Waals surface area contributed by atoms with Crippen molar-refractivity contribution in [2.24, 2.45) is 0 Å². The Labute approximate surface area is 116 Å². The van der Waals surface area contributed by atoms with Crippen molar-refractivity contribution in [2.45, 2.75) is 6.42 Å². The highest BCUT2D eigenvalue weighted by Gasteiger charge is 2.10. The number of benzene rings is 1. The first kappa shape index (κ1) is 12.9. The standard InChI is InChI=1S/C14H13ClN2S/c1-17(8-7-11-4-3-9-18-11)14-6-2-5-13(15)12(14)10-16/h2-6,9H,7-8H2,1H3. The predicted molar refractivity (Wildman–Crippen MR) is 77.5 cm³/mol. The summed E-state index contributed by atoms with van der Waals surface area (Å²) in [7, 11) is 1.99. The Morgan fingerprint density at radius 2 is 2.17 bits per heavy atom. The van der Waals surface area contributed by atoms with Gasteiger partial charge in [-0.2, -0.15) is 5.26 Å². The van der Waals surface area contributed by atoms with Crippen LogP contribution in [0.4, 0.5) is 5.69 Å².